The molecule has 0 aliphatic carbocycles. The van der Waals surface area contributed by atoms with E-state index in [4.69, 9.17) is 4.74 Å². The van der Waals surface area contributed by atoms with Crippen molar-refractivity contribution in [1.29, 1.82) is 0 Å². The van der Waals surface area contributed by atoms with E-state index >= 15 is 0 Å². The lowest BCUT2D eigenvalue weighted by molar-refractivity contribution is 0.105. The molecular weight excluding hydrogens is 354 g/mol. The fourth-order valence-electron chi connectivity index (χ4n) is 2.48. The van der Waals surface area contributed by atoms with E-state index < -0.39 is 10.0 Å². The quantitative estimate of drug-likeness (QED) is 0.793. The molecule has 1 heterocycles. The fraction of sp³-hybridized carbons (Fsp3) is 0.600. The van der Waals surface area contributed by atoms with Crippen LogP contribution in [0.25, 0.3) is 0 Å². The molecule has 0 unspecified atom stereocenters. The lowest BCUT2D eigenvalue weighted by Gasteiger charge is -2.28. The van der Waals surface area contributed by atoms with Gasteiger partial charge in [0.2, 0.25) is 10.0 Å². The Morgan fingerprint density at radius 2 is 2.05 bits per heavy atom. The van der Waals surface area contributed by atoms with Crippen LogP contribution in [-0.2, 0) is 21.3 Å². The SMILES string of the molecule is CCCC[C@H]1COCCS(=O)(=O)N1Cc1ccc(Br)cc1. The molecule has 1 atom stereocenters. The minimum Gasteiger partial charge on any atom is -0.379 e. The summed E-state index contributed by atoms with van der Waals surface area (Å²) in [4.78, 5) is 0. The van der Waals surface area contributed by atoms with Crippen LogP contribution in [-0.4, -0.2) is 37.7 Å². The summed E-state index contributed by atoms with van der Waals surface area (Å²) in [6, 6.07) is 7.75. The molecule has 0 aromatic heterocycles. The van der Waals surface area contributed by atoms with Gasteiger partial charge in [-0.2, -0.15) is 4.31 Å². The maximum Gasteiger partial charge on any atom is 0.217 e. The van der Waals surface area contributed by atoms with Gasteiger partial charge in [-0.15, -0.1) is 0 Å². The molecule has 0 amide bonds. The zero-order chi connectivity index (χ0) is 15.3. The molecule has 2 rings (SSSR count). The number of halogens is 1. The monoisotopic (exact) mass is 375 g/mol. The Morgan fingerprint density at radius 3 is 2.71 bits per heavy atom. The molecule has 0 spiro atoms. The van der Waals surface area contributed by atoms with Gasteiger partial charge in [0.05, 0.1) is 19.0 Å². The van der Waals surface area contributed by atoms with Crippen LogP contribution >= 0.6 is 15.9 Å². The van der Waals surface area contributed by atoms with E-state index in [1.54, 1.807) is 4.31 Å². The maximum atomic E-state index is 12.5. The van der Waals surface area contributed by atoms with Crippen LogP contribution in [0.15, 0.2) is 28.7 Å². The van der Waals surface area contributed by atoms with Gasteiger partial charge >= 0.3 is 0 Å². The summed E-state index contributed by atoms with van der Waals surface area (Å²) >= 11 is 3.40. The summed E-state index contributed by atoms with van der Waals surface area (Å²) in [7, 11) is -3.25. The first-order chi connectivity index (χ1) is 10.0. The van der Waals surface area contributed by atoms with Gasteiger partial charge in [0, 0.05) is 17.1 Å². The molecule has 1 saturated heterocycles. The Balaban J connectivity index is 2.20. The van der Waals surface area contributed by atoms with Crippen molar-refractivity contribution >= 4 is 26.0 Å². The second-order valence-corrected chi connectivity index (χ2v) is 8.32. The van der Waals surface area contributed by atoms with Crippen molar-refractivity contribution in [2.75, 3.05) is 19.0 Å². The number of unbranched alkanes of at least 4 members (excludes halogenated alkanes) is 1. The molecule has 1 fully saturated rings. The number of rotatable bonds is 5. The standard InChI is InChI=1S/C15H22BrNO3S/c1-2-3-4-15-12-20-9-10-21(18,19)17(15)11-13-5-7-14(16)8-6-13/h5-8,15H,2-4,9-12H2,1H3/t15-/m0/s1. The molecular formula is C15H22BrNO3S. The average Bonchev–Trinajstić information content (AvgIpc) is 2.59. The molecule has 0 radical (unpaired) electrons. The number of hydrogen-bond donors (Lipinski definition) is 0. The Morgan fingerprint density at radius 1 is 1.33 bits per heavy atom. The zero-order valence-electron chi connectivity index (χ0n) is 12.3. The maximum absolute atomic E-state index is 12.5. The molecule has 6 heteroatoms. The van der Waals surface area contributed by atoms with E-state index in [0.29, 0.717) is 19.8 Å². The molecule has 0 N–H and O–H groups in total. The third-order valence-corrected chi connectivity index (χ3v) is 6.06. The van der Waals surface area contributed by atoms with E-state index in [1.807, 2.05) is 24.3 Å². The normalized spacial score (nSPS) is 22.9. The first-order valence-electron chi connectivity index (χ1n) is 7.34. The molecule has 0 bridgehead atoms. The molecule has 1 aromatic rings. The van der Waals surface area contributed by atoms with Crippen molar-refractivity contribution in [1.82, 2.24) is 4.31 Å². The highest BCUT2D eigenvalue weighted by atomic mass is 79.9. The van der Waals surface area contributed by atoms with E-state index in [-0.39, 0.29) is 11.8 Å². The second kappa shape index (κ2) is 7.72. The van der Waals surface area contributed by atoms with Crippen LogP contribution in [0.2, 0.25) is 0 Å². The lowest BCUT2D eigenvalue weighted by atomic mass is 10.1. The third kappa shape index (κ3) is 4.77. The van der Waals surface area contributed by atoms with Crippen LogP contribution in [0.1, 0.15) is 31.7 Å². The second-order valence-electron chi connectivity index (χ2n) is 5.36. The van der Waals surface area contributed by atoms with Gasteiger partial charge in [-0.3, -0.25) is 0 Å². The molecule has 1 aliphatic rings. The smallest absolute Gasteiger partial charge is 0.217 e. The summed E-state index contributed by atoms with van der Waals surface area (Å²) in [5.74, 6) is 0.0755. The topological polar surface area (TPSA) is 46.6 Å². The summed E-state index contributed by atoms with van der Waals surface area (Å²) in [6.45, 7) is 3.33. The van der Waals surface area contributed by atoms with Gasteiger partial charge in [0.1, 0.15) is 0 Å². The highest BCUT2D eigenvalue weighted by Gasteiger charge is 2.32. The van der Waals surface area contributed by atoms with E-state index in [0.717, 1.165) is 29.3 Å². The van der Waals surface area contributed by atoms with Crippen LogP contribution < -0.4 is 0 Å². The van der Waals surface area contributed by atoms with Crippen LogP contribution in [0.3, 0.4) is 0 Å². The number of ether oxygens (including phenoxy) is 1. The van der Waals surface area contributed by atoms with Crippen molar-refractivity contribution in [2.45, 2.75) is 38.8 Å². The summed E-state index contributed by atoms with van der Waals surface area (Å²) in [6.07, 6.45) is 2.93. The minimum absolute atomic E-state index is 0.0545. The largest absolute Gasteiger partial charge is 0.379 e. The van der Waals surface area contributed by atoms with Crippen molar-refractivity contribution in [2.24, 2.45) is 0 Å². The Kier molecular flexibility index (Phi) is 6.22. The van der Waals surface area contributed by atoms with Crippen LogP contribution in [0.4, 0.5) is 0 Å². The van der Waals surface area contributed by atoms with Crippen molar-refractivity contribution < 1.29 is 13.2 Å². The highest BCUT2D eigenvalue weighted by molar-refractivity contribution is 9.10. The first-order valence-corrected chi connectivity index (χ1v) is 9.75. The first kappa shape index (κ1) is 16.9. The van der Waals surface area contributed by atoms with Crippen molar-refractivity contribution in [3.8, 4) is 0 Å². The minimum atomic E-state index is -3.25. The Hall–Kier alpha value is -0.430. The summed E-state index contributed by atoms with van der Waals surface area (Å²) in [5, 5.41) is 0. The van der Waals surface area contributed by atoms with Gasteiger partial charge in [-0.25, -0.2) is 8.42 Å². The Bertz CT molecular complexity index is 545. The van der Waals surface area contributed by atoms with Gasteiger partial charge in [-0.1, -0.05) is 47.8 Å². The van der Waals surface area contributed by atoms with Gasteiger partial charge < -0.3 is 4.74 Å². The van der Waals surface area contributed by atoms with Gasteiger partial charge in [-0.05, 0) is 24.1 Å². The summed E-state index contributed by atoms with van der Waals surface area (Å²) in [5.41, 5.74) is 1.00. The van der Waals surface area contributed by atoms with E-state index in [9.17, 15) is 8.42 Å². The molecule has 21 heavy (non-hydrogen) atoms. The van der Waals surface area contributed by atoms with E-state index in [2.05, 4.69) is 22.9 Å². The molecule has 1 aliphatic heterocycles. The van der Waals surface area contributed by atoms with Crippen molar-refractivity contribution in [3.63, 3.8) is 0 Å². The number of benzene rings is 1. The molecule has 118 valence electrons. The molecule has 4 nitrogen and oxygen atoms in total. The fourth-order valence-corrected chi connectivity index (χ4v) is 4.27. The number of sulfonamides is 1. The Labute approximate surface area is 135 Å². The summed E-state index contributed by atoms with van der Waals surface area (Å²) < 4.78 is 33.1. The molecule has 1 aromatic carbocycles. The lowest BCUT2D eigenvalue weighted by Crippen LogP contribution is -2.41. The van der Waals surface area contributed by atoms with Crippen LogP contribution in [0.5, 0.6) is 0 Å². The number of hydrogen-bond acceptors (Lipinski definition) is 3. The predicted molar refractivity (Wildman–Crippen MR) is 87.6 cm³/mol. The third-order valence-electron chi connectivity index (χ3n) is 3.70. The number of nitrogens with zero attached hydrogens (tertiary/aromatic N) is 1. The van der Waals surface area contributed by atoms with E-state index in [1.165, 1.54) is 0 Å². The molecule has 0 saturated carbocycles. The zero-order valence-corrected chi connectivity index (χ0v) is 14.7. The predicted octanol–water partition coefficient (Wildman–Crippen LogP) is 3.17. The van der Waals surface area contributed by atoms with Crippen molar-refractivity contribution in [3.05, 3.63) is 34.3 Å². The average molecular weight is 376 g/mol. The van der Waals surface area contributed by atoms with Crippen LogP contribution in [0, 0.1) is 0 Å². The van der Waals surface area contributed by atoms with Gasteiger partial charge in [0.15, 0.2) is 0 Å². The van der Waals surface area contributed by atoms with Gasteiger partial charge in [0.25, 0.3) is 0 Å². The highest BCUT2D eigenvalue weighted by Crippen LogP contribution is 2.21.